The van der Waals surface area contributed by atoms with E-state index in [9.17, 15) is 0 Å². The molecule has 1 aromatic heterocycles. The highest BCUT2D eigenvalue weighted by molar-refractivity contribution is 5.42. The van der Waals surface area contributed by atoms with Crippen LogP contribution in [0, 0.1) is 5.92 Å². The molecule has 19 heavy (non-hydrogen) atoms. The lowest BCUT2D eigenvalue weighted by atomic mass is 10.0. The normalized spacial score (nSPS) is 12.4. The Balaban J connectivity index is 2.73. The first-order chi connectivity index (χ1) is 8.92. The molecule has 1 heterocycles. The fourth-order valence-electron chi connectivity index (χ4n) is 1.62. The van der Waals surface area contributed by atoms with E-state index >= 15 is 0 Å². The molecule has 0 radical (unpaired) electrons. The smallest absolute Gasteiger partial charge is 0.231 e. The lowest BCUT2D eigenvalue weighted by molar-refractivity contribution is 0.526. The van der Waals surface area contributed by atoms with E-state index in [1.54, 1.807) is 7.05 Å². The maximum atomic E-state index is 4.40. The van der Waals surface area contributed by atoms with Crippen molar-refractivity contribution in [3.63, 3.8) is 0 Å². The molecule has 1 aromatic rings. The Kier molecular flexibility index (Phi) is 5.79. The topological polar surface area (TPSA) is 66.0 Å². The van der Waals surface area contributed by atoms with Gasteiger partial charge < -0.3 is 15.5 Å². The highest BCUT2D eigenvalue weighted by Crippen LogP contribution is 2.14. The van der Waals surface area contributed by atoms with E-state index in [2.05, 4.69) is 46.4 Å². The minimum absolute atomic E-state index is 0.351. The van der Waals surface area contributed by atoms with Gasteiger partial charge in [-0.2, -0.15) is 15.0 Å². The molecule has 0 aliphatic heterocycles. The van der Waals surface area contributed by atoms with Crippen molar-refractivity contribution in [3.8, 4) is 0 Å². The SMILES string of the molecule is CNc1nc(NC(C)CCC(C)C)nc(N(C)C)n1. The first-order valence-corrected chi connectivity index (χ1v) is 6.80. The summed E-state index contributed by atoms with van der Waals surface area (Å²) in [7, 11) is 5.64. The molecule has 6 heteroatoms. The fourth-order valence-corrected chi connectivity index (χ4v) is 1.62. The Labute approximate surface area is 116 Å². The molecule has 2 N–H and O–H groups in total. The van der Waals surface area contributed by atoms with Crippen LogP contribution in [0.4, 0.5) is 17.8 Å². The molecule has 0 saturated heterocycles. The van der Waals surface area contributed by atoms with Crippen LogP contribution in [0.15, 0.2) is 0 Å². The van der Waals surface area contributed by atoms with Crippen molar-refractivity contribution < 1.29 is 0 Å². The largest absolute Gasteiger partial charge is 0.357 e. The molecule has 0 amide bonds. The second kappa shape index (κ2) is 7.11. The van der Waals surface area contributed by atoms with Crippen molar-refractivity contribution in [3.05, 3.63) is 0 Å². The van der Waals surface area contributed by atoms with E-state index in [4.69, 9.17) is 0 Å². The first-order valence-electron chi connectivity index (χ1n) is 6.80. The molecule has 0 spiro atoms. The highest BCUT2D eigenvalue weighted by Gasteiger charge is 2.10. The van der Waals surface area contributed by atoms with Crippen LogP contribution in [-0.4, -0.2) is 42.1 Å². The van der Waals surface area contributed by atoms with Gasteiger partial charge in [0.15, 0.2) is 0 Å². The monoisotopic (exact) mass is 266 g/mol. The van der Waals surface area contributed by atoms with Gasteiger partial charge in [0, 0.05) is 27.2 Å². The van der Waals surface area contributed by atoms with Crippen molar-refractivity contribution in [2.75, 3.05) is 36.7 Å². The Morgan fingerprint density at radius 1 is 1.00 bits per heavy atom. The van der Waals surface area contributed by atoms with Crippen LogP contribution >= 0.6 is 0 Å². The molecule has 0 bridgehead atoms. The summed E-state index contributed by atoms with van der Waals surface area (Å²) in [5.74, 6) is 2.57. The predicted octanol–water partition coefficient (Wildman–Crippen LogP) is 2.22. The minimum Gasteiger partial charge on any atom is -0.357 e. The number of nitrogens with one attached hydrogen (secondary N) is 2. The van der Waals surface area contributed by atoms with E-state index in [0.29, 0.717) is 29.8 Å². The average molecular weight is 266 g/mol. The molecule has 0 aliphatic carbocycles. The maximum absolute atomic E-state index is 4.40. The van der Waals surface area contributed by atoms with Crippen molar-refractivity contribution in [1.82, 2.24) is 15.0 Å². The fraction of sp³-hybridized carbons (Fsp3) is 0.769. The molecule has 0 saturated carbocycles. The second-order valence-electron chi connectivity index (χ2n) is 5.44. The zero-order chi connectivity index (χ0) is 14.4. The van der Waals surface area contributed by atoms with Crippen LogP contribution in [0.3, 0.4) is 0 Å². The molecule has 0 aliphatic rings. The molecule has 108 valence electrons. The van der Waals surface area contributed by atoms with Gasteiger partial charge in [0.1, 0.15) is 0 Å². The summed E-state index contributed by atoms with van der Waals surface area (Å²) < 4.78 is 0. The van der Waals surface area contributed by atoms with E-state index in [-0.39, 0.29) is 0 Å². The van der Waals surface area contributed by atoms with Crippen molar-refractivity contribution in [2.45, 2.75) is 39.7 Å². The number of nitrogens with zero attached hydrogens (tertiary/aromatic N) is 4. The van der Waals surface area contributed by atoms with Crippen LogP contribution in [0.1, 0.15) is 33.6 Å². The molecule has 0 aromatic carbocycles. The van der Waals surface area contributed by atoms with Gasteiger partial charge in [0.05, 0.1) is 0 Å². The van der Waals surface area contributed by atoms with Crippen molar-refractivity contribution in [1.29, 1.82) is 0 Å². The van der Waals surface area contributed by atoms with Crippen molar-refractivity contribution >= 4 is 17.8 Å². The van der Waals surface area contributed by atoms with Crippen LogP contribution < -0.4 is 15.5 Å². The summed E-state index contributed by atoms with van der Waals surface area (Å²) in [5, 5.41) is 6.30. The second-order valence-corrected chi connectivity index (χ2v) is 5.44. The first kappa shape index (κ1) is 15.5. The number of anilines is 3. The Morgan fingerprint density at radius 2 is 1.63 bits per heavy atom. The highest BCUT2D eigenvalue weighted by atomic mass is 15.3. The zero-order valence-corrected chi connectivity index (χ0v) is 12.9. The Hall–Kier alpha value is -1.59. The van der Waals surface area contributed by atoms with Gasteiger partial charge in [-0.15, -0.1) is 0 Å². The van der Waals surface area contributed by atoms with E-state index in [0.717, 1.165) is 6.42 Å². The lowest BCUT2D eigenvalue weighted by Gasteiger charge is -2.17. The molecule has 6 nitrogen and oxygen atoms in total. The van der Waals surface area contributed by atoms with E-state index in [1.807, 2.05) is 19.0 Å². The lowest BCUT2D eigenvalue weighted by Crippen LogP contribution is -2.21. The van der Waals surface area contributed by atoms with Gasteiger partial charge in [0.25, 0.3) is 0 Å². The summed E-state index contributed by atoms with van der Waals surface area (Å²) in [5.41, 5.74) is 0. The number of aromatic nitrogens is 3. The third kappa shape index (κ3) is 5.28. The number of hydrogen-bond donors (Lipinski definition) is 2. The predicted molar refractivity (Wildman–Crippen MR) is 80.9 cm³/mol. The molecular formula is C13H26N6. The molecule has 0 fully saturated rings. The summed E-state index contributed by atoms with van der Waals surface area (Å²) >= 11 is 0. The van der Waals surface area contributed by atoms with Crippen LogP contribution in [-0.2, 0) is 0 Å². The van der Waals surface area contributed by atoms with Gasteiger partial charge in [-0.3, -0.25) is 0 Å². The van der Waals surface area contributed by atoms with E-state index < -0.39 is 0 Å². The van der Waals surface area contributed by atoms with Gasteiger partial charge in [-0.05, 0) is 25.7 Å². The average Bonchev–Trinajstić information content (AvgIpc) is 2.35. The standard InChI is InChI=1S/C13H26N6/c1-9(2)7-8-10(3)15-12-16-11(14-4)17-13(18-12)19(5)6/h9-10H,7-8H2,1-6H3,(H2,14,15,16,17,18). The van der Waals surface area contributed by atoms with Gasteiger partial charge in [-0.1, -0.05) is 13.8 Å². The quantitative estimate of drug-likeness (QED) is 0.789. The molecular weight excluding hydrogens is 240 g/mol. The third-order valence-electron chi connectivity index (χ3n) is 2.80. The van der Waals surface area contributed by atoms with Crippen LogP contribution in [0.25, 0.3) is 0 Å². The zero-order valence-electron chi connectivity index (χ0n) is 12.9. The van der Waals surface area contributed by atoms with Crippen LogP contribution in [0.5, 0.6) is 0 Å². The third-order valence-corrected chi connectivity index (χ3v) is 2.80. The molecule has 1 unspecified atom stereocenters. The van der Waals surface area contributed by atoms with Gasteiger partial charge in [0.2, 0.25) is 17.8 Å². The Bertz CT molecular complexity index is 391. The molecule has 1 atom stereocenters. The van der Waals surface area contributed by atoms with Crippen molar-refractivity contribution in [2.24, 2.45) is 5.92 Å². The molecule has 1 rings (SSSR count). The van der Waals surface area contributed by atoms with Gasteiger partial charge in [-0.25, -0.2) is 0 Å². The van der Waals surface area contributed by atoms with Crippen LogP contribution in [0.2, 0.25) is 0 Å². The number of rotatable bonds is 7. The number of hydrogen-bond acceptors (Lipinski definition) is 6. The summed E-state index contributed by atoms with van der Waals surface area (Å²) in [4.78, 5) is 14.9. The summed E-state index contributed by atoms with van der Waals surface area (Å²) in [6, 6.07) is 0.351. The summed E-state index contributed by atoms with van der Waals surface area (Å²) in [6.45, 7) is 6.62. The maximum Gasteiger partial charge on any atom is 0.231 e. The van der Waals surface area contributed by atoms with E-state index in [1.165, 1.54) is 6.42 Å². The summed E-state index contributed by atoms with van der Waals surface area (Å²) in [6.07, 6.45) is 2.30. The minimum atomic E-state index is 0.351. The Morgan fingerprint density at radius 3 is 2.16 bits per heavy atom. The van der Waals surface area contributed by atoms with Gasteiger partial charge >= 0.3 is 0 Å².